The fourth-order valence-corrected chi connectivity index (χ4v) is 22.7. The summed E-state index contributed by atoms with van der Waals surface area (Å²) in [6, 6.07) is 178. The van der Waals surface area contributed by atoms with Gasteiger partial charge in [-0.25, -0.2) is 0 Å². The minimum absolute atomic E-state index is 0.941. The Bertz CT molecular complexity index is 10400. The first kappa shape index (κ1) is 85.3. The zero-order chi connectivity index (χ0) is 96.9. The van der Waals surface area contributed by atoms with Gasteiger partial charge in [0.2, 0.25) is 0 Å². The van der Waals surface area contributed by atoms with Crippen molar-refractivity contribution in [3.63, 3.8) is 0 Å². The minimum Gasteiger partial charge on any atom is -0.309 e. The van der Waals surface area contributed by atoms with Gasteiger partial charge < -0.3 is 13.7 Å². The van der Waals surface area contributed by atoms with Crippen molar-refractivity contribution in [1.29, 1.82) is 0 Å². The molecule has 0 atom stereocenters. The molecule has 684 valence electrons. The van der Waals surface area contributed by atoms with Crippen molar-refractivity contribution in [3.8, 4) is 117 Å². The molecule has 9 nitrogen and oxygen atoms in total. The predicted octanol–water partition coefficient (Wildman–Crippen LogP) is 36.1. The lowest BCUT2D eigenvalue weighted by Gasteiger charge is -2.12. The molecular formula is C138H87N9. The van der Waals surface area contributed by atoms with Gasteiger partial charge in [0.25, 0.3) is 0 Å². The molecule has 0 bridgehead atoms. The zero-order valence-electron chi connectivity index (χ0n) is 79.8. The molecule has 0 saturated carbocycles. The maximum absolute atomic E-state index is 4.73. The smallest absolute Gasteiger partial charge is 0.0971 e. The summed E-state index contributed by atoms with van der Waals surface area (Å²) < 4.78 is 7.08. The highest BCUT2D eigenvalue weighted by Gasteiger charge is 2.22. The molecule has 0 aliphatic rings. The first-order chi connectivity index (χ1) is 72.9. The molecule has 0 saturated heterocycles. The Hall–Kier alpha value is -19.7. The highest BCUT2D eigenvalue weighted by atomic mass is 15.0. The van der Waals surface area contributed by atoms with Crippen LogP contribution in [-0.2, 0) is 0 Å². The first-order valence-corrected chi connectivity index (χ1v) is 50.0. The normalized spacial score (nSPS) is 11.7. The van der Waals surface area contributed by atoms with Crippen molar-refractivity contribution in [1.82, 2.24) is 43.6 Å². The number of fused-ring (bicyclic) bond motifs is 27. The van der Waals surface area contributed by atoms with Crippen LogP contribution in [0.2, 0.25) is 0 Å². The van der Waals surface area contributed by atoms with Crippen LogP contribution in [0.4, 0.5) is 0 Å². The molecule has 0 radical (unpaired) electrons. The number of rotatable bonds is 12. The number of benzene rings is 24. The molecule has 0 amide bonds. The van der Waals surface area contributed by atoms with Gasteiger partial charge in [-0.3, -0.25) is 29.9 Å². The lowest BCUT2D eigenvalue weighted by Crippen LogP contribution is -1.92. The monoisotopic (exact) mass is 1870 g/mol. The summed E-state index contributed by atoms with van der Waals surface area (Å²) in [7, 11) is 0. The van der Waals surface area contributed by atoms with E-state index >= 15 is 0 Å². The van der Waals surface area contributed by atoms with Gasteiger partial charge in [0.05, 0.1) is 66.2 Å². The Morgan fingerprint density at radius 3 is 0.531 bits per heavy atom. The number of hydrogen-bond donors (Lipinski definition) is 0. The largest absolute Gasteiger partial charge is 0.309 e. The van der Waals surface area contributed by atoms with Crippen LogP contribution in [0.25, 0.3) is 280 Å². The second kappa shape index (κ2) is 35.8. The average molecular weight is 1870 g/mol. The predicted molar refractivity (Wildman–Crippen MR) is 616 cm³/mol. The van der Waals surface area contributed by atoms with Crippen molar-refractivity contribution in [2.45, 2.75) is 0 Å². The third kappa shape index (κ3) is 14.9. The average Bonchev–Trinajstić information content (AvgIpc) is 0.978. The molecule has 0 aliphatic carbocycles. The standard InChI is InChI=1S/3C46H29N3/c1-2-14-36(15-3-1)49-43-19-7-6-17-38(43)42-29-35(21-23-44(42)49)33-13-9-11-31(27-33)30-10-8-12-32(26-30)34-20-22-40-41(28-34)37-16-4-5-18-39(37)45-46(40)48-25-24-47-45;1-2-11-36(12-3-1)49-43-16-7-6-14-38(43)42-29-35(22-24-44(42)49)33-10-8-9-32(27-33)30-17-19-31(20-18-30)34-21-23-40-41(28-34)37-13-4-5-15-39(37)45-46(40)48-26-25-47-45;1-2-8-36(9-3-1)49-43-13-7-6-11-38(43)42-29-35(23-25-44(42)49)33-20-16-31(17-21-33)30-14-18-32(19-15-30)34-22-24-40-41(28-34)37-10-4-5-12-39(37)45-46(40)48-27-26-47-45/h3*1-29H. The van der Waals surface area contributed by atoms with Crippen LogP contribution in [-0.4, -0.2) is 43.6 Å². The number of hydrogen-bond acceptors (Lipinski definition) is 6. The van der Waals surface area contributed by atoms with Crippen molar-refractivity contribution < 1.29 is 0 Å². The molecule has 0 fully saturated rings. The van der Waals surface area contributed by atoms with Gasteiger partial charge in [0.15, 0.2) is 0 Å². The summed E-state index contributed by atoms with van der Waals surface area (Å²) in [5, 5.41) is 21.5. The maximum atomic E-state index is 4.73. The molecule has 147 heavy (non-hydrogen) atoms. The van der Waals surface area contributed by atoms with Gasteiger partial charge in [-0.1, -0.05) is 364 Å². The van der Waals surface area contributed by atoms with Gasteiger partial charge in [0, 0.05) is 119 Å². The highest BCUT2D eigenvalue weighted by molar-refractivity contribution is 6.27. The Kier molecular flexibility index (Phi) is 20.8. The quantitative estimate of drug-likeness (QED) is 0.113. The molecule has 24 aromatic carbocycles. The van der Waals surface area contributed by atoms with Crippen LogP contribution in [0, 0.1) is 0 Å². The van der Waals surface area contributed by atoms with E-state index in [2.05, 4.69) is 515 Å². The van der Waals surface area contributed by atoms with Crippen molar-refractivity contribution >= 4 is 163 Å². The third-order valence-electron chi connectivity index (χ3n) is 29.6. The fourth-order valence-electron chi connectivity index (χ4n) is 22.7. The van der Waals surface area contributed by atoms with Crippen LogP contribution in [0.3, 0.4) is 0 Å². The molecule has 6 aromatic heterocycles. The summed E-state index contributed by atoms with van der Waals surface area (Å²) >= 11 is 0. The Labute approximate surface area is 846 Å². The summed E-state index contributed by atoms with van der Waals surface area (Å²) in [6.07, 6.45) is 10.7. The van der Waals surface area contributed by atoms with Gasteiger partial charge in [-0.2, -0.15) is 0 Å². The molecule has 0 N–H and O–H groups in total. The van der Waals surface area contributed by atoms with E-state index in [4.69, 9.17) is 19.9 Å². The van der Waals surface area contributed by atoms with E-state index < -0.39 is 0 Å². The molecule has 0 aliphatic heterocycles. The topological polar surface area (TPSA) is 92.1 Å². The first-order valence-electron chi connectivity index (χ1n) is 50.0. The fraction of sp³-hybridized carbons (Fsp3) is 0. The summed E-state index contributed by atoms with van der Waals surface area (Å²) in [5.41, 5.74) is 38.0. The highest BCUT2D eigenvalue weighted by Crippen LogP contribution is 2.46. The van der Waals surface area contributed by atoms with Crippen LogP contribution in [0.15, 0.2) is 529 Å². The van der Waals surface area contributed by atoms with Gasteiger partial charge in [0.1, 0.15) is 0 Å². The van der Waals surface area contributed by atoms with Crippen molar-refractivity contribution in [2.75, 3.05) is 0 Å². The maximum Gasteiger partial charge on any atom is 0.0971 e. The van der Waals surface area contributed by atoms with Crippen LogP contribution in [0.1, 0.15) is 0 Å². The van der Waals surface area contributed by atoms with Crippen LogP contribution >= 0.6 is 0 Å². The second-order valence-electron chi connectivity index (χ2n) is 37.9. The Balaban J connectivity index is 0.000000107. The van der Waals surface area contributed by atoms with Gasteiger partial charge in [-0.05, 0) is 260 Å². The van der Waals surface area contributed by atoms with E-state index in [1.165, 1.54) is 215 Å². The van der Waals surface area contributed by atoms with E-state index in [9.17, 15) is 0 Å². The number of aromatic nitrogens is 9. The van der Waals surface area contributed by atoms with E-state index in [0.29, 0.717) is 0 Å². The van der Waals surface area contributed by atoms with Gasteiger partial charge in [-0.15, -0.1) is 0 Å². The lowest BCUT2D eigenvalue weighted by atomic mass is 9.93. The van der Waals surface area contributed by atoms with Crippen molar-refractivity contribution in [3.05, 3.63) is 529 Å². The third-order valence-corrected chi connectivity index (χ3v) is 29.6. The Morgan fingerprint density at radius 1 is 0.102 bits per heavy atom. The molecule has 30 rings (SSSR count). The second-order valence-corrected chi connectivity index (χ2v) is 37.9. The lowest BCUT2D eigenvalue weighted by molar-refractivity contribution is 1.18. The summed E-state index contributed by atoms with van der Waals surface area (Å²) in [5.74, 6) is 0. The molecule has 0 spiro atoms. The molecule has 9 heteroatoms. The molecule has 0 unspecified atom stereocenters. The summed E-state index contributed by atoms with van der Waals surface area (Å²) in [6.45, 7) is 0. The van der Waals surface area contributed by atoms with E-state index in [1.807, 2.05) is 0 Å². The van der Waals surface area contributed by atoms with E-state index in [-0.39, 0.29) is 0 Å². The SMILES string of the molecule is c1ccc(-n2c3ccccc3c3cc(-c4ccc(-c5ccc(-c6ccc7c(c6)c6ccccc6c6nccnc76)cc5)cc4)ccc32)cc1.c1ccc(-n2c3ccccc3c3cc(-c4cccc(-c5ccc(-c6ccc7c(c6)c6ccccc6c6nccnc76)cc5)c4)ccc32)cc1.c1ccc(-n2c3ccccc3c3cc(-c4cccc(-c5cccc(-c6ccc7c(c6)c6ccccc6c6nccnc76)c5)c4)ccc32)cc1. The zero-order valence-corrected chi connectivity index (χ0v) is 79.8. The van der Waals surface area contributed by atoms with E-state index in [1.54, 1.807) is 37.2 Å². The van der Waals surface area contributed by atoms with Crippen LogP contribution in [0.5, 0.6) is 0 Å². The van der Waals surface area contributed by atoms with Crippen LogP contribution < -0.4 is 0 Å². The van der Waals surface area contributed by atoms with Crippen molar-refractivity contribution in [2.24, 2.45) is 0 Å². The number of nitrogens with zero attached hydrogens (tertiary/aromatic N) is 9. The molecule has 6 heterocycles. The molecule has 30 aromatic rings. The van der Waals surface area contributed by atoms with E-state index in [0.717, 1.165) is 65.4 Å². The minimum atomic E-state index is 0.941. The Morgan fingerprint density at radius 2 is 0.272 bits per heavy atom. The summed E-state index contributed by atoms with van der Waals surface area (Å²) in [4.78, 5) is 28.2. The number of para-hydroxylation sites is 6. The van der Waals surface area contributed by atoms with Gasteiger partial charge >= 0.3 is 0 Å². The molecular weight excluding hydrogens is 1780 g/mol.